The monoisotopic (exact) mass is 331 g/mol. The number of nitrogens with one attached hydrogen (secondary N) is 1. The van der Waals surface area contributed by atoms with Gasteiger partial charge in [-0.2, -0.15) is 0 Å². The minimum absolute atomic E-state index is 0.152. The van der Waals surface area contributed by atoms with E-state index in [-0.39, 0.29) is 6.03 Å². The van der Waals surface area contributed by atoms with Gasteiger partial charge in [-0.3, -0.25) is 0 Å². The first-order valence-electron chi connectivity index (χ1n) is 7.57. The number of urea groups is 1. The fourth-order valence-corrected chi connectivity index (χ4v) is 2.42. The summed E-state index contributed by atoms with van der Waals surface area (Å²) in [5.74, 6) is 0. The summed E-state index contributed by atoms with van der Waals surface area (Å²) in [5, 5.41) is 3.60. The Bertz CT molecular complexity index is 675. The largest absolute Gasteiger partial charge is 0.375 e. The van der Waals surface area contributed by atoms with Gasteiger partial charge in [-0.05, 0) is 42.8 Å². The summed E-state index contributed by atoms with van der Waals surface area (Å²) in [7, 11) is 3.78. The lowest BCUT2D eigenvalue weighted by Gasteiger charge is -2.20. The Balaban J connectivity index is 2.01. The molecule has 0 aliphatic heterocycles. The van der Waals surface area contributed by atoms with Gasteiger partial charge in [0, 0.05) is 43.6 Å². The van der Waals surface area contributed by atoms with Crippen LogP contribution in [0, 0.1) is 0 Å². The van der Waals surface area contributed by atoms with E-state index in [1.165, 1.54) is 0 Å². The molecule has 0 atom stereocenters. The summed E-state index contributed by atoms with van der Waals surface area (Å²) in [6, 6.07) is 15.2. The molecule has 5 heteroatoms. The zero-order valence-corrected chi connectivity index (χ0v) is 14.5. The molecule has 0 bridgehead atoms. The van der Waals surface area contributed by atoms with Crippen molar-refractivity contribution in [2.75, 3.05) is 30.9 Å². The molecule has 0 aromatic heterocycles. The van der Waals surface area contributed by atoms with Gasteiger partial charge in [0.1, 0.15) is 0 Å². The first-order chi connectivity index (χ1) is 11.0. The first kappa shape index (κ1) is 17.2. The number of rotatable bonds is 5. The van der Waals surface area contributed by atoms with Crippen molar-refractivity contribution in [2.24, 2.45) is 0 Å². The normalized spacial score (nSPS) is 10.3. The average molecular weight is 332 g/mol. The molecular formula is C18H22ClN3O. The van der Waals surface area contributed by atoms with Crippen LogP contribution in [0.1, 0.15) is 12.5 Å². The van der Waals surface area contributed by atoms with Crippen molar-refractivity contribution in [1.29, 1.82) is 0 Å². The summed E-state index contributed by atoms with van der Waals surface area (Å²) in [6.07, 6.45) is 0. The molecule has 122 valence electrons. The average Bonchev–Trinajstić information content (AvgIpc) is 2.54. The Morgan fingerprint density at radius 2 is 1.87 bits per heavy atom. The number of amides is 2. The number of benzene rings is 2. The lowest BCUT2D eigenvalue weighted by atomic mass is 10.2. The van der Waals surface area contributed by atoms with Crippen LogP contribution in [0.25, 0.3) is 0 Å². The summed E-state index contributed by atoms with van der Waals surface area (Å²) >= 11 is 5.97. The molecule has 2 aromatic carbocycles. The van der Waals surface area contributed by atoms with E-state index in [0.717, 1.165) is 23.5 Å². The number of carbonyl (C=O) groups is 1. The molecule has 0 aliphatic rings. The van der Waals surface area contributed by atoms with Crippen LogP contribution in [0.3, 0.4) is 0 Å². The van der Waals surface area contributed by atoms with Gasteiger partial charge in [-0.15, -0.1) is 0 Å². The number of nitrogens with zero attached hydrogens (tertiary/aromatic N) is 2. The highest BCUT2D eigenvalue weighted by Crippen LogP contribution is 2.19. The Kier molecular flexibility index (Phi) is 5.88. The second-order valence-electron chi connectivity index (χ2n) is 5.48. The third-order valence-electron chi connectivity index (χ3n) is 3.67. The molecule has 2 aromatic rings. The van der Waals surface area contributed by atoms with E-state index < -0.39 is 0 Å². The van der Waals surface area contributed by atoms with Crippen molar-refractivity contribution in [3.8, 4) is 0 Å². The van der Waals surface area contributed by atoms with Gasteiger partial charge in [0.05, 0.1) is 0 Å². The van der Waals surface area contributed by atoms with Crippen LogP contribution in [0.2, 0.25) is 5.02 Å². The predicted octanol–water partition coefficient (Wildman–Crippen LogP) is 4.46. The zero-order valence-electron chi connectivity index (χ0n) is 13.7. The van der Waals surface area contributed by atoms with Crippen LogP contribution in [-0.4, -0.2) is 31.6 Å². The second-order valence-corrected chi connectivity index (χ2v) is 5.92. The van der Waals surface area contributed by atoms with Gasteiger partial charge in [-0.1, -0.05) is 29.8 Å². The summed E-state index contributed by atoms with van der Waals surface area (Å²) in [6.45, 7) is 3.50. The molecule has 0 aliphatic carbocycles. The summed E-state index contributed by atoms with van der Waals surface area (Å²) in [4.78, 5) is 16.1. The summed E-state index contributed by atoms with van der Waals surface area (Å²) in [5.41, 5.74) is 2.85. The molecule has 1 N–H and O–H groups in total. The quantitative estimate of drug-likeness (QED) is 0.878. The molecule has 4 nitrogen and oxygen atoms in total. The van der Waals surface area contributed by atoms with Gasteiger partial charge in [0.2, 0.25) is 0 Å². The molecule has 0 radical (unpaired) electrons. The molecular weight excluding hydrogens is 310 g/mol. The van der Waals surface area contributed by atoms with Crippen molar-refractivity contribution < 1.29 is 4.79 Å². The number of carbonyl (C=O) groups excluding carboxylic acids is 1. The first-order valence-corrected chi connectivity index (χ1v) is 7.95. The van der Waals surface area contributed by atoms with Crippen LogP contribution in [0.5, 0.6) is 0 Å². The number of halogens is 1. The lowest BCUT2D eigenvalue weighted by molar-refractivity contribution is 0.220. The smallest absolute Gasteiger partial charge is 0.321 e. The third-order valence-corrected chi connectivity index (χ3v) is 3.90. The van der Waals surface area contributed by atoms with Crippen LogP contribution in [0.4, 0.5) is 16.2 Å². The van der Waals surface area contributed by atoms with E-state index in [9.17, 15) is 4.79 Å². The fourth-order valence-electron chi connectivity index (χ4n) is 2.20. The van der Waals surface area contributed by atoms with Gasteiger partial charge >= 0.3 is 6.03 Å². The van der Waals surface area contributed by atoms with E-state index in [0.29, 0.717) is 11.6 Å². The van der Waals surface area contributed by atoms with E-state index in [1.807, 2.05) is 55.6 Å². The highest BCUT2D eigenvalue weighted by atomic mass is 35.5. The number of hydrogen-bond donors (Lipinski definition) is 1. The van der Waals surface area contributed by atoms with Gasteiger partial charge in [0.15, 0.2) is 0 Å². The SMILES string of the molecule is CCN(C)c1cccc(NC(=O)N(C)Cc2cccc(Cl)c2)c1. The maximum Gasteiger partial charge on any atom is 0.321 e. The van der Waals surface area contributed by atoms with E-state index in [1.54, 1.807) is 11.9 Å². The molecule has 0 unspecified atom stereocenters. The molecule has 0 saturated heterocycles. The van der Waals surface area contributed by atoms with Crippen molar-refractivity contribution >= 4 is 29.0 Å². The molecule has 0 saturated carbocycles. The van der Waals surface area contributed by atoms with Crippen LogP contribution < -0.4 is 10.2 Å². The lowest BCUT2D eigenvalue weighted by Crippen LogP contribution is -2.30. The fraction of sp³-hybridized carbons (Fsp3) is 0.278. The van der Waals surface area contributed by atoms with E-state index in [2.05, 4.69) is 17.1 Å². The highest BCUT2D eigenvalue weighted by molar-refractivity contribution is 6.30. The van der Waals surface area contributed by atoms with Crippen molar-refractivity contribution in [3.63, 3.8) is 0 Å². The van der Waals surface area contributed by atoms with Crippen LogP contribution >= 0.6 is 11.6 Å². The minimum atomic E-state index is -0.152. The van der Waals surface area contributed by atoms with Crippen molar-refractivity contribution in [3.05, 3.63) is 59.1 Å². The number of hydrogen-bond acceptors (Lipinski definition) is 2. The van der Waals surface area contributed by atoms with Crippen molar-refractivity contribution in [1.82, 2.24) is 4.90 Å². The van der Waals surface area contributed by atoms with Crippen LogP contribution in [0.15, 0.2) is 48.5 Å². The minimum Gasteiger partial charge on any atom is -0.375 e. The van der Waals surface area contributed by atoms with Gasteiger partial charge in [0.25, 0.3) is 0 Å². The van der Waals surface area contributed by atoms with E-state index >= 15 is 0 Å². The van der Waals surface area contributed by atoms with Gasteiger partial charge in [-0.25, -0.2) is 4.79 Å². The standard InChI is InChI=1S/C18H22ClN3O/c1-4-21(2)17-10-6-9-16(12-17)20-18(23)22(3)13-14-7-5-8-15(19)11-14/h5-12H,4,13H2,1-3H3,(H,20,23). The molecule has 2 amide bonds. The van der Waals surface area contributed by atoms with Crippen LogP contribution in [-0.2, 0) is 6.54 Å². The Morgan fingerprint density at radius 3 is 2.57 bits per heavy atom. The van der Waals surface area contributed by atoms with Gasteiger partial charge < -0.3 is 15.1 Å². The maximum atomic E-state index is 12.3. The molecule has 0 spiro atoms. The molecule has 0 heterocycles. The summed E-state index contributed by atoms with van der Waals surface area (Å²) < 4.78 is 0. The highest BCUT2D eigenvalue weighted by Gasteiger charge is 2.10. The molecule has 23 heavy (non-hydrogen) atoms. The Hall–Kier alpha value is -2.20. The molecule has 2 rings (SSSR count). The zero-order chi connectivity index (χ0) is 16.8. The Morgan fingerprint density at radius 1 is 1.13 bits per heavy atom. The molecule has 0 fully saturated rings. The topological polar surface area (TPSA) is 35.6 Å². The van der Waals surface area contributed by atoms with Crippen molar-refractivity contribution in [2.45, 2.75) is 13.5 Å². The second kappa shape index (κ2) is 7.88. The predicted molar refractivity (Wildman–Crippen MR) is 97.3 cm³/mol. The maximum absolute atomic E-state index is 12.3. The van der Waals surface area contributed by atoms with E-state index in [4.69, 9.17) is 11.6 Å². The number of anilines is 2. The Labute approximate surface area is 142 Å². The third kappa shape index (κ3) is 4.89.